The zero-order valence-corrected chi connectivity index (χ0v) is 15.3. The highest BCUT2D eigenvalue weighted by Crippen LogP contribution is 2.21. The average Bonchev–Trinajstić information content (AvgIpc) is 2.67. The molecule has 2 amide bonds. The maximum atomic E-state index is 12.0. The fourth-order valence-corrected chi connectivity index (χ4v) is 3.77. The molecular formula is C20H32N4O. The lowest BCUT2D eigenvalue weighted by atomic mass is 10.1. The number of carbonyl (C=O) groups is 1. The summed E-state index contributed by atoms with van der Waals surface area (Å²) < 4.78 is 0. The first-order valence-corrected chi connectivity index (χ1v) is 9.93. The van der Waals surface area contributed by atoms with Crippen molar-refractivity contribution in [3.63, 3.8) is 0 Å². The van der Waals surface area contributed by atoms with E-state index in [0.29, 0.717) is 0 Å². The number of benzene rings is 1. The molecule has 5 heteroatoms. The normalized spacial score (nSPS) is 18.8. The predicted octanol–water partition coefficient (Wildman–Crippen LogP) is 3.67. The van der Waals surface area contributed by atoms with E-state index in [-0.39, 0.29) is 6.03 Å². The first-order valence-electron chi connectivity index (χ1n) is 9.93. The number of piperidine rings is 2. The highest BCUT2D eigenvalue weighted by atomic mass is 16.2. The Bertz CT molecular complexity index is 519. The fraction of sp³-hybridized carbons (Fsp3) is 0.650. The molecule has 2 heterocycles. The molecule has 1 aromatic rings. The molecule has 0 aliphatic carbocycles. The standard InChI is InChI=1S/C20H32N4O/c25-20(21-12-7-15-23-13-3-1-4-14-23)22-18-8-10-19(11-9-18)24-16-5-2-6-17-24/h8-11H,1-7,12-17H2,(H2,21,22,25). The Morgan fingerprint density at radius 1 is 0.880 bits per heavy atom. The molecule has 2 fully saturated rings. The van der Waals surface area contributed by atoms with Crippen LogP contribution in [-0.2, 0) is 0 Å². The second-order valence-electron chi connectivity index (χ2n) is 7.23. The lowest BCUT2D eigenvalue weighted by molar-refractivity contribution is 0.224. The molecule has 3 rings (SSSR count). The maximum absolute atomic E-state index is 12.0. The molecule has 1 aromatic carbocycles. The second-order valence-corrected chi connectivity index (χ2v) is 7.23. The van der Waals surface area contributed by atoms with Gasteiger partial charge in [-0.15, -0.1) is 0 Å². The van der Waals surface area contributed by atoms with Gasteiger partial charge in [-0.3, -0.25) is 0 Å². The third-order valence-electron chi connectivity index (χ3n) is 5.23. The van der Waals surface area contributed by atoms with Crippen LogP contribution in [0.2, 0.25) is 0 Å². The van der Waals surface area contributed by atoms with Gasteiger partial charge < -0.3 is 20.4 Å². The van der Waals surface area contributed by atoms with Crippen molar-refractivity contribution in [3.8, 4) is 0 Å². The summed E-state index contributed by atoms with van der Waals surface area (Å²) in [7, 11) is 0. The van der Waals surface area contributed by atoms with Crippen molar-refractivity contribution in [1.82, 2.24) is 10.2 Å². The number of nitrogens with zero attached hydrogens (tertiary/aromatic N) is 2. The van der Waals surface area contributed by atoms with Crippen molar-refractivity contribution in [2.24, 2.45) is 0 Å². The lowest BCUT2D eigenvalue weighted by Gasteiger charge is -2.28. The summed E-state index contributed by atoms with van der Waals surface area (Å²) in [4.78, 5) is 16.9. The molecule has 0 bridgehead atoms. The Hall–Kier alpha value is -1.75. The van der Waals surface area contributed by atoms with Crippen molar-refractivity contribution in [3.05, 3.63) is 24.3 Å². The van der Waals surface area contributed by atoms with Crippen molar-refractivity contribution in [2.45, 2.75) is 44.9 Å². The van der Waals surface area contributed by atoms with Crippen LogP contribution in [-0.4, -0.2) is 50.2 Å². The molecule has 0 aromatic heterocycles. The summed E-state index contributed by atoms with van der Waals surface area (Å²) in [5.41, 5.74) is 2.11. The molecule has 138 valence electrons. The summed E-state index contributed by atoms with van der Waals surface area (Å²) >= 11 is 0. The van der Waals surface area contributed by atoms with Crippen molar-refractivity contribution in [2.75, 3.05) is 49.5 Å². The van der Waals surface area contributed by atoms with Crippen LogP contribution in [0.15, 0.2) is 24.3 Å². The van der Waals surface area contributed by atoms with Crippen molar-refractivity contribution >= 4 is 17.4 Å². The molecule has 2 saturated heterocycles. The van der Waals surface area contributed by atoms with Gasteiger partial charge in [0.15, 0.2) is 0 Å². The molecule has 2 aliphatic heterocycles. The van der Waals surface area contributed by atoms with Gasteiger partial charge in [-0.25, -0.2) is 4.79 Å². The fourth-order valence-electron chi connectivity index (χ4n) is 3.77. The lowest BCUT2D eigenvalue weighted by Crippen LogP contribution is -2.34. The Kier molecular flexibility index (Phi) is 6.98. The van der Waals surface area contributed by atoms with Crippen molar-refractivity contribution in [1.29, 1.82) is 0 Å². The minimum Gasteiger partial charge on any atom is -0.372 e. The van der Waals surface area contributed by atoms with Crippen LogP contribution in [0.4, 0.5) is 16.2 Å². The van der Waals surface area contributed by atoms with Gasteiger partial charge in [0.1, 0.15) is 0 Å². The van der Waals surface area contributed by atoms with E-state index in [4.69, 9.17) is 0 Å². The summed E-state index contributed by atoms with van der Waals surface area (Å²) in [6.07, 6.45) is 8.92. The van der Waals surface area contributed by atoms with Gasteiger partial charge in [-0.05, 0) is 82.4 Å². The first-order chi connectivity index (χ1) is 12.3. The number of anilines is 2. The van der Waals surface area contributed by atoms with E-state index in [1.165, 1.54) is 57.3 Å². The van der Waals surface area contributed by atoms with Crippen LogP contribution >= 0.6 is 0 Å². The smallest absolute Gasteiger partial charge is 0.319 e. The summed E-state index contributed by atoms with van der Waals surface area (Å²) in [6.45, 7) is 6.54. The third kappa shape index (κ3) is 5.92. The zero-order chi connectivity index (χ0) is 17.3. The molecule has 2 aliphatic rings. The average molecular weight is 345 g/mol. The third-order valence-corrected chi connectivity index (χ3v) is 5.23. The van der Waals surface area contributed by atoms with E-state index in [2.05, 4.69) is 32.6 Å². The van der Waals surface area contributed by atoms with E-state index >= 15 is 0 Å². The Morgan fingerprint density at radius 3 is 2.20 bits per heavy atom. The van der Waals surface area contributed by atoms with Crippen molar-refractivity contribution < 1.29 is 4.79 Å². The van der Waals surface area contributed by atoms with E-state index in [1.807, 2.05) is 12.1 Å². The molecule has 0 radical (unpaired) electrons. The summed E-state index contributed by atoms with van der Waals surface area (Å²) in [5.74, 6) is 0. The molecular weight excluding hydrogens is 312 g/mol. The van der Waals surface area contributed by atoms with Gasteiger partial charge in [0.2, 0.25) is 0 Å². The molecule has 25 heavy (non-hydrogen) atoms. The van der Waals surface area contributed by atoms with Gasteiger partial charge >= 0.3 is 6.03 Å². The van der Waals surface area contributed by atoms with Crippen LogP contribution < -0.4 is 15.5 Å². The monoisotopic (exact) mass is 344 g/mol. The summed E-state index contributed by atoms with van der Waals surface area (Å²) in [5, 5.41) is 5.89. The van der Waals surface area contributed by atoms with Gasteiger partial charge in [-0.1, -0.05) is 6.42 Å². The van der Waals surface area contributed by atoms with E-state index in [0.717, 1.165) is 38.3 Å². The number of hydrogen-bond donors (Lipinski definition) is 2. The van der Waals surface area contributed by atoms with Crippen LogP contribution in [0.3, 0.4) is 0 Å². The minimum atomic E-state index is -0.107. The highest BCUT2D eigenvalue weighted by molar-refractivity contribution is 5.89. The second kappa shape index (κ2) is 9.66. The number of likely N-dealkylation sites (tertiary alicyclic amines) is 1. The molecule has 0 saturated carbocycles. The van der Waals surface area contributed by atoms with E-state index in [1.54, 1.807) is 0 Å². The number of rotatable bonds is 6. The maximum Gasteiger partial charge on any atom is 0.319 e. The number of hydrogen-bond acceptors (Lipinski definition) is 3. The number of amides is 2. The van der Waals surface area contributed by atoms with Crippen LogP contribution in [0, 0.1) is 0 Å². The summed E-state index contributed by atoms with van der Waals surface area (Å²) in [6, 6.07) is 8.10. The Balaban J connectivity index is 1.34. The molecule has 0 atom stereocenters. The van der Waals surface area contributed by atoms with Gasteiger partial charge in [-0.2, -0.15) is 0 Å². The number of urea groups is 1. The molecule has 2 N–H and O–H groups in total. The first kappa shape index (κ1) is 18.1. The largest absolute Gasteiger partial charge is 0.372 e. The number of carbonyl (C=O) groups excluding carboxylic acids is 1. The van der Waals surface area contributed by atoms with Crippen LogP contribution in [0.5, 0.6) is 0 Å². The zero-order valence-electron chi connectivity index (χ0n) is 15.3. The Morgan fingerprint density at radius 2 is 1.52 bits per heavy atom. The van der Waals surface area contributed by atoms with Gasteiger partial charge in [0.05, 0.1) is 0 Å². The quantitative estimate of drug-likeness (QED) is 0.774. The van der Waals surface area contributed by atoms with E-state index < -0.39 is 0 Å². The highest BCUT2D eigenvalue weighted by Gasteiger charge is 2.11. The molecule has 0 spiro atoms. The predicted molar refractivity (Wildman–Crippen MR) is 104 cm³/mol. The number of nitrogens with one attached hydrogen (secondary N) is 2. The van der Waals surface area contributed by atoms with E-state index in [9.17, 15) is 4.79 Å². The molecule has 0 unspecified atom stereocenters. The van der Waals surface area contributed by atoms with Crippen LogP contribution in [0.25, 0.3) is 0 Å². The van der Waals surface area contributed by atoms with Gasteiger partial charge in [0, 0.05) is 31.0 Å². The van der Waals surface area contributed by atoms with Gasteiger partial charge in [0.25, 0.3) is 0 Å². The molecule has 5 nitrogen and oxygen atoms in total. The van der Waals surface area contributed by atoms with Crippen LogP contribution in [0.1, 0.15) is 44.9 Å². The Labute approximate surface area is 151 Å². The topological polar surface area (TPSA) is 47.6 Å². The SMILES string of the molecule is O=C(NCCCN1CCCCC1)Nc1ccc(N2CCCCC2)cc1. The minimum absolute atomic E-state index is 0.107.